The molecule has 0 N–H and O–H groups in total. The van der Waals surface area contributed by atoms with Gasteiger partial charge in [-0.1, -0.05) is 49.2 Å². The highest BCUT2D eigenvalue weighted by atomic mass is 35.5. The molecule has 1 heterocycles. The van der Waals surface area contributed by atoms with E-state index < -0.39 is 17.9 Å². The normalized spacial score (nSPS) is 16.5. The van der Waals surface area contributed by atoms with Crippen molar-refractivity contribution in [3.63, 3.8) is 0 Å². The van der Waals surface area contributed by atoms with Crippen LogP contribution in [-0.4, -0.2) is 37.6 Å². The lowest BCUT2D eigenvalue weighted by Crippen LogP contribution is -2.33. The molecule has 0 radical (unpaired) electrons. The zero-order valence-corrected chi connectivity index (χ0v) is 18.9. The molecule has 0 fully saturated rings. The molecule has 0 aromatic heterocycles. The summed E-state index contributed by atoms with van der Waals surface area (Å²) in [5.41, 5.74) is 2.56. The lowest BCUT2D eigenvalue weighted by molar-refractivity contribution is -0.139. The number of nitrogens with zero attached hydrogens (tertiary/aromatic N) is 1. The molecule has 0 spiro atoms. The molecule has 154 valence electrons. The van der Waals surface area contributed by atoms with E-state index in [1.807, 2.05) is 13.8 Å². The third kappa shape index (κ3) is 4.53. The fraction of sp³-hybridized carbons (Fsp3) is 0.429. The van der Waals surface area contributed by atoms with Crippen molar-refractivity contribution in [1.82, 2.24) is 4.90 Å². The van der Waals surface area contributed by atoms with Gasteiger partial charge in [0, 0.05) is 18.4 Å². The molecule has 1 aliphatic rings. The van der Waals surface area contributed by atoms with Crippen molar-refractivity contribution in [2.24, 2.45) is 0 Å². The fourth-order valence-electron chi connectivity index (χ4n) is 3.08. The summed E-state index contributed by atoms with van der Waals surface area (Å²) >= 11 is 12.6. The summed E-state index contributed by atoms with van der Waals surface area (Å²) in [7, 11) is 3.08. The number of hydrogen-bond donors (Lipinski definition) is 0. The average Bonchev–Trinajstić information content (AvgIpc) is 2.69. The first-order valence-electron chi connectivity index (χ1n) is 9.10. The second-order valence-electron chi connectivity index (χ2n) is 5.85. The minimum absolute atomic E-state index is 0.214. The van der Waals surface area contributed by atoms with Gasteiger partial charge in [-0.25, -0.2) is 9.59 Å². The molecule has 1 atom stereocenters. The molecule has 2 rings (SSSR count). The zero-order chi connectivity index (χ0) is 21.6. The van der Waals surface area contributed by atoms with Gasteiger partial charge in [0.15, 0.2) is 0 Å². The summed E-state index contributed by atoms with van der Waals surface area (Å²) in [6.07, 6.45) is 0. The number of ether oxygens (including phenoxy) is 2. The van der Waals surface area contributed by atoms with E-state index >= 15 is 0 Å². The van der Waals surface area contributed by atoms with Crippen LogP contribution < -0.4 is 0 Å². The Morgan fingerprint density at radius 3 is 2.11 bits per heavy atom. The monoisotopic (exact) mass is 427 g/mol. The van der Waals surface area contributed by atoms with Gasteiger partial charge in [0.1, 0.15) is 0 Å². The summed E-state index contributed by atoms with van der Waals surface area (Å²) in [5, 5.41) is 0.623. The largest absolute Gasteiger partial charge is 0.466 e. The van der Waals surface area contributed by atoms with Crippen LogP contribution in [0.5, 0.6) is 0 Å². The quantitative estimate of drug-likeness (QED) is 0.607. The van der Waals surface area contributed by atoms with Gasteiger partial charge >= 0.3 is 11.9 Å². The Morgan fingerprint density at radius 2 is 1.61 bits per heavy atom. The van der Waals surface area contributed by atoms with Gasteiger partial charge in [0.2, 0.25) is 0 Å². The minimum Gasteiger partial charge on any atom is -0.466 e. The van der Waals surface area contributed by atoms with E-state index in [1.165, 1.54) is 7.11 Å². The summed E-state index contributed by atoms with van der Waals surface area (Å²) < 4.78 is 10.2. The van der Waals surface area contributed by atoms with E-state index in [1.54, 1.807) is 50.9 Å². The third-order valence-electron chi connectivity index (χ3n) is 4.56. The van der Waals surface area contributed by atoms with Crippen molar-refractivity contribution in [1.29, 1.82) is 0 Å². The molecule has 1 unspecified atom stereocenters. The first-order chi connectivity index (χ1) is 13.3. The summed E-state index contributed by atoms with van der Waals surface area (Å²) in [4.78, 5) is 27.1. The van der Waals surface area contributed by atoms with Gasteiger partial charge in [-0.05, 0) is 32.4 Å². The van der Waals surface area contributed by atoms with E-state index in [-0.39, 0.29) is 11.6 Å². The van der Waals surface area contributed by atoms with Crippen LogP contribution in [0.1, 0.15) is 46.1 Å². The zero-order valence-electron chi connectivity index (χ0n) is 17.4. The van der Waals surface area contributed by atoms with E-state index in [0.717, 1.165) is 0 Å². The van der Waals surface area contributed by atoms with Crippen molar-refractivity contribution < 1.29 is 19.1 Å². The van der Waals surface area contributed by atoms with Gasteiger partial charge in [-0.2, -0.15) is 0 Å². The standard InChI is InChI=1S/C19H21Cl2NO4.C2H6/c1-6-26-19(24)15-11(3)22(4)10(2)14(18(23)25-5)16(15)12-8-7-9-13(20)17(12)21;1-2/h7-9,16H,6H2,1-5H3;1-2H3. The van der Waals surface area contributed by atoms with Crippen molar-refractivity contribution in [2.75, 3.05) is 20.8 Å². The Hall–Kier alpha value is -1.98. The van der Waals surface area contributed by atoms with Crippen LogP contribution in [0.25, 0.3) is 0 Å². The van der Waals surface area contributed by atoms with E-state index in [4.69, 9.17) is 32.7 Å². The third-order valence-corrected chi connectivity index (χ3v) is 5.39. The van der Waals surface area contributed by atoms with Gasteiger partial charge in [0.05, 0.1) is 40.8 Å². The molecular weight excluding hydrogens is 401 g/mol. The molecule has 0 bridgehead atoms. The van der Waals surface area contributed by atoms with Gasteiger partial charge in [-0.3, -0.25) is 0 Å². The lowest BCUT2D eigenvalue weighted by Gasteiger charge is -2.36. The van der Waals surface area contributed by atoms with Crippen molar-refractivity contribution in [3.05, 3.63) is 56.3 Å². The maximum Gasteiger partial charge on any atom is 0.336 e. The van der Waals surface area contributed by atoms with Crippen molar-refractivity contribution in [2.45, 2.75) is 40.5 Å². The molecule has 1 aliphatic heterocycles. The molecular formula is C21H27Cl2NO4. The summed E-state index contributed by atoms with van der Waals surface area (Å²) in [6.45, 7) is 9.54. The number of allylic oxidation sites excluding steroid dienone is 2. The predicted octanol–water partition coefficient (Wildman–Crippen LogP) is 5.33. The highest BCUT2D eigenvalue weighted by molar-refractivity contribution is 6.42. The molecule has 7 heteroatoms. The number of hydrogen-bond acceptors (Lipinski definition) is 5. The number of rotatable bonds is 4. The maximum atomic E-state index is 12.7. The van der Waals surface area contributed by atoms with Crippen LogP contribution in [0.2, 0.25) is 10.0 Å². The molecule has 1 aromatic carbocycles. The molecule has 0 aliphatic carbocycles. The predicted molar refractivity (Wildman–Crippen MR) is 112 cm³/mol. The van der Waals surface area contributed by atoms with Crippen LogP contribution in [0.3, 0.4) is 0 Å². The Morgan fingerprint density at radius 1 is 1.07 bits per heavy atom. The Labute approximate surface area is 176 Å². The SMILES string of the molecule is CC.CCOC(=O)C1=C(C)N(C)C(C)=C(C(=O)OC)C1c1cccc(Cl)c1Cl. The van der Waals surface area contributed by atoms with Crippen LogP contribution in [0.15, 0.2) is 40.7 Å². The van der Waals surface area contributed by atoms with Crippen molar-refractivity contribution in [3.8, 4) is 0 Å². The molecule has 0 saturated carbocycles. The Balaban J connectivity index is 0.00000190. The summed E-state index contributed by atoms with van der Waals surface area (Å²) in [6, 6.07) is 5.12. The summed E-state index contributed by atoms with van der Waals surface area (Å²) in [5.74, 6) is -1.78. The molecule has 1 aromatic rings. The fourth-order valence-corrected chi connectivity index (χ4v) is 3.50. The van der Waals surface area contributed by atoms with Crippen molar-refractivity contribution >= 4 is 35.1 Å². The lowest BCUT2D eigenvalue weighted by atomic mass is 9.80. The number of methoxy groups -OCH3 is 1. The first kappa shape index (κ1) is 24.1. The minimum atomic E-state index is -0.733. The first-order valence-corrected chi connectivity index (χ1v) is 9.86. The van der Waals surface area contributed by atoms with Gasteiger partial charge < -0.3 is 14.4 Å². The van der Waals surface area contributed by atoms with E-state index in [9.17, 15) is 9.59 Å². The Kier molecular flexibility index (Phi) is 9.05. The number of halogens is 2. The van der Waals surface area contributed by atoms with Crippen LogP contribution in [0.4, 0.5) is 0 Å². The van der Waals surface area contributed by atoms with Gasteiger partial charge in [-0.15, -0.1) is 0 Å². The smallest absolute Gasteiger partial charge is 0.336 e. The molecule has 0 saturated heterocycles. The molecule has 5 nitrogen and oxygen atoms in total. The van der Waals surface area contributed by atoms with Gasteiger partial charge in [0.25, 0.3) is 0 Å². The molecule has 0 amide bonds. The van der Waals surface area contributed by atoms with Crippen LogP contribution in [0, 0.1) is 0 Å². The maximum absolute atomic E-state index is 12.7. The number of esters is 2. The second kappa shape index (κ2) is 10.5. The van der Waals surface area contributed by atoms with Crippen LogP contribution in [-0.2, 0) is 19.1 Å². The average molecular weight is 428 g/mol. The highest BCUT2D eigenvalue weighted by Crippen LogP contribution is 2.45. The number of carbonyl (C=O) groups is 2. The number of benzene rings is 1. The topological polar surface area (TPSA) is 55.8 Å². The van der Waals surface area contributed by atoms with Crippen LogP contribution >= 0.6 is 23.2 Å². The highest BCUT2D eigenvalue weighted by Gasteiger charge is 2.40. The molecule has 28 heavy (non-hydrogen) atoms. The second-order valence-corrected chi connectivity index (χ2v) is 6.63. The Bertz CT molecular complexity index is 815. The van der Waals surface area contributed by atoms with E-state index in [0.29, 0.717) is 33.1 Å². The van der Waals surface area contributed by atoms with E-state index in [2.05, 4.69) is 0 Å². The number of carbonyl (C=O) groups excluding carboxylic acids is 2.